The van der Waals surface area contributed by atoms with Crippen molar-refractivity contribution in [2.75, 3.05) is 46.4 Å². The van der Waals surface area contributed by atoms with Gasteiger partial charge in [-0.2, -0.15) is 0 Å². The summed E-state index contributed by atoms with van der Waals surface area (Å²) in [4.78, 5) is 2.62. The van der Waals surface area contributed by atoms with Crippen LogP contribution in [-0.4, -0.2) is 51.3 Å². The topological polar surface area (TPSA) is 24.5 Å². The van der Waals surface area contributed by atoms with Gasteiger partial charge >= 0.3 is 0 Å². The van der Waals surface area contributed by atoms with Gasteiger partial charge in [-0.05, 0) is 43.2 Å². The van der Waals surface area contributed by atoms with Crippen molar-refractivity contribution >= 4 is 0 Å². The summed E-state index contributed by atoms with van der Waals surface area (Å²) in [6.45, 7) is 9.15. The largest absolute Gasteiger partial charge is 0.380 e. The van der Waals surface area contributed by atoms with Gasteiger partial charge in [0.2, 0.25) is 0 Å². The van der Waals surface area contributed by atoms with Crippen molar-refractivity contribution in [1.82, 2.24) is 10.2 Å². The Kier molecular flexibility index (Phi) is 5.22. The van der Waals surface area contributed by atoms with Crippen LogP contribution in [0.3, 0.4) is 0 Å². The van der Waals surface area contributed by atoms with E-state index in [1.165, 1.54) is 57.4 Å². The van der Waals surface area contributed by atoms with Gasteiger partial charge in [-0.1, -0.05) is 13.0 Å². The molecular weight excluding hydrogens is 224 g/mol. The first-order valence-electron chi connectivity index (χ1n) is 7.38. The van der Waals surface area contributed by atoms with Crippen molar-refractivity contribution in [2.24, 2.45) is 5.41 Å². The minimum atomic E-state index is 0.519. The molecule has 3 heteroatoms. The molecule has 2 aliphatic heterocycles. The van der Waals surface area contributed by atoms with Crippen LogP contribution in [0.1, 0.15) is 32.6 Å². The van der Waals surface area contributed by atoms with E-state index < -0.39 is 0 Å². The third-order valence-corrected chi connectivity index (χ3v) is 4.59. The standard InChI is InChI=1S/C15H28N2O/c1-3-15(7-4-8-16-12-15)13-17-9-5-14(6-10-17)11-18-2/h5,16H,3-4,6-13H2,1-2H3. The molecule has 0 aromatic heterocycles. The number of ether oxygens (including phenoxy) is 1. The van der Waals surface area contributed by atoms with Gasteiger partial charge in [0.1, 0.15) is 0 Å². The lowest BCUT2D eigenvalue weighted by Gasteiger charge is -2.41. The highest BCUT2D eigenvalue weighted by Gasteiger charge is 2.32. The fourth-order valence-corrected chi connectivity index (χ4v) is 3.27. The van der Waals surface area contributed by atoms with E-state index in [2.05, 4.69) is 23.2 Å². The summed E-state index contributed by atoms with van der Waals surface area (Å²) in [7, 11) is 1.78. The van der Waals surface area contributed by atoms with Crippen molar-refractivity contribution in [3.05, 3.63) is 11.6 Å². The molecule has 1 unspecified atom stereocenters. The van der Waals surface area contributed by atoms with Crippen LogP contribution in [0.2, 0.25) is 0 Å². The monoisotopic (exact) mass is 252 g/mol. The lowest BCUT2D eigenvalue weighted by molar-refractivity contribution is 0.115. The number of hydrogen-bond donors (Lipinski definition) is 1. The average Bonchev–Trinajstić information content (AvgIpc) is 2.42. The summed E-state index contributed by atoms with van der Waals surface area (Å²) >= 11 is 0. The van der Waals surface area contributed by atoms with Crippen molar-refractivity contribution in [3.8, 4) is 0 Å². The molecule has 3 nitrogen and oxygen atoms in total. The molecule has 0 radical (unpaired) electrons. The zero-order chi connectivity index (χ0) is 12.8. The second-order valence-corrected chi connectivity index (χ2v) is 5.91. The third kappa shape index (κ3) is 3.56. The van der Waals surface area contributed by atoms with Crippen molar-refractivity contribution in [1.29, 1.82) is 0 Å². The minimum absolute atomic E-state index is 0.519. The molecule has 1 fully saturated rings. The van der Waals surface area contributed by atoms with Gasteiger partial charge in [0.15, 0.2) is 0 Å². The van der Waals surface area contributed by atoms with E-state index in [9.17, 15) is 0 Å². The fraction of sp³-hybridized carbons (Fsp3) is 0.867. The summed E-state index contributed by atoms with van der Waals surface area (Å²) in [5, 5.41) is 3.58. The maximum atomic E-state index is 5.21. The van der Waals surface area contributed by atoms with Crippen LogP contribution in [-0.2, 0) is 4.74 Å². The summed E-state index contributed by atoms with van der Waals surface area (Å²) < 4.78 is 5.21. The number of hydrogen-bond acceptors (Lipinski definition) is 3. The van der Waals surface area contributed by atoms with Gasteiger partial charge in [0, 0.05) is 33.3 Å². The smallest absolute Gasteiger partial charge is 0.0673 e. The highest BCUT2D eigenvalue weighted by Crippen LogP contribution is 2.31. The molecule has 0 aromatic rings. The minimum Gasteiger partial charge on any atom is -0.380 e. The summed E-state index contributed by atoms with van der Waals surface area (Å²) in [6, 6.07) is 0. The fourth-order valence-electron chi connectivity index (χ4n) is 3.27. The van der Waals surface area contributed by atoms with Gasteiger partial charge in [-0.3, -0.25) is 4.90 Å². The highest BCUT2D eigenvalue weighted by atomic mass is 16.5. The average molecular weight is 252 g/mol. The van der Waals surface area contributed by atoms with E-state index in [-0.39, 0.29) is 0 Å². The molecule has 1 atom stereocenters. The predicted octanol–water partition coefficient (Wildman–Crippen LogP) is 2.04. The Morgan fingerprint density at radius 2 is 2.39 bits per heavy atom. The summed E-state index contributed by atoms with van der Waals surface area (Å²) in [5.74, 6) is 0. The molecule has 0 bridgehead atoms. The van der Waals surface area contributed by atoms with E-state index in [0.29, 0.717) is 5.41 Å². The van der Waals surface area contributed by atoms with Crippen LogP contribution in [0.25, 0.3) is 0 Å². The van der Waals surface area contributed by atoms with Gasteiger partial charge in [0.25, 0.3) is 0 Å². The van der Waals surface area contributed by atoms with E-state index in [1.54, 1.807) is 7.11 Å². The van der Waals surface area contributed by atoms with Crippen LogP contribution in [0, 0.1) is 5.41 Å². The van der Waals surface area contributed by atoms with Crippen LogP contribution in [0.15, 0.2) is 11.6 Å². The molecule has 2 heterocycles. The molecule has 2 aliphatic rings. The van der Waals surface area contributed by atoms with E-state index in [1.807, 2.05) is 0 Å². The summed E-state index contributed by atoms with van der Waals surface area (Å²) in [5.41, 5.74) is 1.99. The number of piperidine rings is 1. The maximum Gasteiger partial charge on any atom is 0.0673 e. The zero-order valence-corrected chi connectivity index (χ0v) is 12.0. The first kappa shape index (κ1) is 14.0. The van der Waals surface area contributed by atoms with Crippen molar-refractivity contribution < 1.29 is 4.74 Å². The first-order chi connectivity index (χ1) is 8.78. The number of nitrogens with zero attached hydrogens (tertiary/aromatic N) is 1. The molecule has 104 valence electrons. The number of nitrogens with one attached hydrogen (secondary N) is 1. The van der Waals surface area contributed by atoms with E-state index in [0.717, 1.165) is 13.2 Å². The quantitative estimate of drug-likeness (QED) is 0.758. The van der Waals surface area contributed by atoms with Crippen LogP contribution in [0.4, 0.5) is 0 Å². The molecule has 0 aliphatic carbocycles. The Labute approximate surface area is 112 Å². The second kappa shape index (κ2) is 6.69. The summed E-state index contributed by atoms with van der Waals surface area (Å²) in [6.07, 6.45) is 7.58. The Morgan fingerprint density at radius 1 is 1.50 bits per heavy atom. The molecule has 0 aromatic carbocycles. The van der Waals surface area contributed by atoms with Crippen LogP contribution >= 0.6 is 0 Å². The molecule has 1 saturated heterocycles. The number of methoxy groups -OCH3 is 1. The lowest BCUT2D eigenvalue weighted by Crippen LogP contribution is -2.48. The zero-order valence-electron chi connectivity index (χ0n) is 12.0. The molecule has 0 amide bonds. The molecule has 1 N–H and O–H groups in total. The number of rotatable bonds is 5. The maximum absolute atomic E-state index is 5.21. The first-order valence-corrected chi connectivity index (χ1v) is 7.38. The molecule has 0 spiro atoms. The molecule has 2 rings (SSSR count). The van der Waals surface area contributed by atoms with Gasteiger partial charge in [-0.25, -0.2) is 0 Å². The lowest BCUT2D eigenvalue weighted by atomic mass is 9.77. The van der Waals surface area contributed by atoms with Crippen LogP contribution < -0.4 is 5.32 Å². The van der Waals surface area contributed by atoms with E-state index >= 15 is 0 Å². The molecular formula is C15H28N2O. The highest BCUT2D eigenvalue weighted by molar-refractivity contribution is 5.08. The predicted molar refractivity (Wildman–Crippen MR) is 75.8 cm³/mol. The van der Waals surface area contributed by atoms with Gasteiger partial charge in [-0.15, -0.1) is 0 Å². The Hall–Kier alpha value is -0.380. The van der Waals surface area contributed by atoms with Crippen molar-refractivity contribution in [3.63, 3.8) is 0 Å². The van der Waals surface area contributed by atoms with Crippen molar-refractivity contribution in [2.45, 2.75) is 32.6 Å². The SMILES string of the molecule is CCC1(CN2CC=C(COC)CC2)CCCNC1. The Bertz CT molecular complexity index is 282. The molecule has 18 heavy (non-hydrogen) atoms. The van der Waals surface area contributed by atoms with Crippen LogP contribution in [0.5, 0.6) is 0 Å². The van der Waals surface area contributed by atoms with E-state index in [4.69, 9.17) is 4.74 Å². The third-order valence-electron chi connectivity index (χ3n) is 4.59. The Morgan fingerprint density at radius 3 is 2.94 bits per heavy atom. The van der Waals surface area contributed by atoms with Gasteiger partial charge in [0.05, 0.1) is 6.61 Å². The van der Waals surface area contributed by atoms with Gasteiger partial charge < -0.3 is 10.1 Å². The molecule has 0 saturated carbocycles. The Balaban J connectivity index is 1.86. The normalized spacial score (nSPS) is 30.2. The second-order valence-electron chi connectivity index (χ2n) is 5.91.